The fourth-order valence-corrected chi connectivity index (χ4v) is 4.11. The number of methoxy groups -OCH3 is 1. The molecule has 0 radical (unpaired) electrons. The first-order chi connectivity index (χ1) is 12.1. The van der Waals surface area contributed by atoms with Crippen molar-refractivity contribution in [3.63, 3.8) is 0 Å². The summed E-state index contributed by atoms with van der Waals surface area (Å²) in [4.78, 5) is 30.2. The summed E-state index contributed by atoms with van der Waals surface area (Å²) in [6, 6.07) is 0.368. The van der Waals surface area contributed by atoms with E-state index in [2.05, 4.69) is 22.0 Å². The van der Waals surface area contributed by atoms with E-state index in [-0.39, 0.29) is 30.4 Å². The van der Waals surface area contributed by atoms with Crippen LogP contribution < -0.4 is 5.32 Å². The molecule has 0 aromatic rings. The van der Waals surface area contributed by atoms with E-state index in [0.29, 0.717) is 6.42 Å². The topological polar surface area (TPSA) is 74.4 Å². The van der Waals surface area contributed by atoms with Gasteiger partial charge in [0.2, 0.25) is 0 Å². The van der Waals surface area contributed by atoms with Gasteiger partial charge in [-0.1, -0.05) is 0 Å². The summed E-state index contributed by atoms with van der Waals surface area (Å²) in [6.07, 6.45) is 2.08. The van der Waals surface area contributed by atoms with Gasteiger partial charge < -0.3 is 19.7 Å². The van der Waals surface area contributed by atoms with E-state index < -0.39 is 0 Å². The first kappa shape index (κ1) is 18.4. The van der Waals surface area contributed by atoms with Gasteiger partial charge in [-0.3, -0.25) is 14.6 Å². The normalized spacial score (nSPS) is 29.7. The number of esters is 1. The molecule has 0 saturated carbocycles. The average molecular weight is 354 g/mol. The number of hydrogen-bond donors (Lipinski definition) is 1. The van der Waals surface area contributed by atoms with Crippen molar-refractivity contribution in [2.75, 3.05) is 52.9 Å². The Kier molecular flexibility index (Phi) is 6.14. The molecule has 0 aliphatic carbocycles. The molecule has 8 heteroatoms. The lowest BCUT2D eigenvalue weighted by Gasteiger charge is -2.39. The summed E-state index contributed by atoms with van der Waals surface area (Å²) in [6.45, 7) is 8.21. The van der Waals surface area contributed by atoms with Crippen molar-refractivity contribution in [1.82, 2.24) is 20.0 Å². The standard InChI is InChI=1S/C17H30N4O4/c1-13-16(25-17(23)21(13)14-3-6-18-7-4-14)20-11-9-19(10-12-20)8-5-15(22)24-2/h13-14,16,18H,3-12H2,1-2H3. The lowest BCUT2D eigenvalue weighted by molar-refractivity contribution is -0.141. The minimum atomic E-state index is -0.169. The maximum Gasteiger partial charge on any atom is 0.412 e. The Morgan fingerprint density at radius 1 is 1.24 bits per heavy atom. The van der Waals surface area contributed by atoms with Gasteiger partial charge in [-0.05, 0) is 32.9 Å². The Hall–Kier alpha value is -1.38. The molecule has 0 aromatic carbocycles. The van der Waals surface area contributed by atoms with Crippen molar-refractivity contribution < 1.29 is 19.1 Å². The van der Waals surface area contributed by atoms with Gasteiger partial charge in [0.25, 0.3) is 0 Å². The zero-order valence-electron chi connectivity index (χ0n) is 15.3. The molecular weight excluding hydrogens is 324 g/mol. The third-order valence-electron chi connectivity index (χ3n) is 5.61. The SMILES string of the molecule is COC(=O)CCN1CCN(C2OC(=O)N(C3CCNCC3)C2C)CC1. The first-order valence-corrected chi connectivity index (χ1v) is 9.33. The summed E-state index contributed by atoms with van der Waals surface area (Å²) in [5, 5.41) is 3.34. The summed E-state index contributed by atoms with van der Waals surface area (Å²) < 4.78 is 10.4. The van der Waals surface area contributed by atoms with E-state index in [1.165, 1.54) is 7.11 Å². The van der Waals surface area contributed by atoms with Crippen molar-refractivity contribution in [2.45, 2.75) is 44.5 Å². The highest BCUT2D eigenvalue weighted by Gasteiger charge is 2.45. The van der Waals surface area contributed by atoms with E-state index in [4.69, 9.17) is 9.47 Å². The Labute approximate surface area is 149 Å². The van der Waals surface area contributed by atoms with E-state index in [0.717, 1.165) is 58.7 Å². The molecule has 1 amide bonds. The molecule has 8 nitrogen and oxygen atoms in total. The third-order valence-corrected chi connectivity index (χ3v) is 5.61. The number of hydrogen-bond acceptors (Lipinski definition) is 7. The number of nitrogens with zero attached hydrogens (tertiary/aromatic N) is 3. The zero-order chi connectivity index (χ0) is 17.8. The van der Waals surface area contributed by atoms with Crippen LogP contribution in [0.15, 0.2) is 0 Å². The monoisotopic (exact) mass is 354 g/mol. The lowest BCUT2D eigenvalue weighted by Crippen LogP contribution is -2.55. The van der Waals surface area contributed by atoms with Crippen LogP contribution in [0.4, 0.5) is 4.79 Å². The van der Waals surface area contributed by atoms with Crippen LogP contribution in [0, 0.1) is 0 Å². The number of amides is 1. The van der Waals surface area contributed by atoms with Crippen LogP contribution in [0.25, 0.3) is 0 Å². The number of piperidine rings is 1. The van der Waals surface area contributed by atoms with Gasteiger partial charge >= 0.3 is 12.1 Å². The number of carbonyl (C=O) groups is 2. The van der Waals surface area contributed by atoms with Crippen LogP contribution in [0.1, 0.15) is 26.2 Å². The first-order valence-electron chi connectivity index (χ1n) is 9.33. The molecule has 0 bridgehead atoms. The number of ether oxygens (including phenoxy) is 2. The van der Waals surface area contributed by atoms with Gasteiger partial charge in [-0.25, -0.2) is 4.79 Å². The highest BCUT2D eigenvalue weighted by Crippen LogP contribution is 2.28. The second-order valence-corrected chi connectivity index (χ2v) is 7.11. The number of cyclic esters (lactones) is 1. The molecule has 3 aliphatic rings. The van der Waals surface area contributed by atoms with Crippen LogP contribution in [0.2, 0.25) is 0 Å². The molecule has 3 rings (SSSR count). The number of piperazine rings is 1. The molecular formula is C17H30N4O4. The van der Waals surface area contributed by atoms with E-state index in [1.807, 2.05) is 4.90 Å². The second kappa shape index (κ2) is 8.33. The Morgan fingerprint density at radius 3 is 2.56 bits per heavy atom. The molecule has 3 saturated heterocycles. The van der Waals surface area contributed by atoms with Crippen LogP contribution in [0.3, 0.4) is 0 Å². The average Bonchev–Trinajstić information content (AvgIpc) is 2.95. The summed E-state index contributed by atoms with van der Waals surface area (Å²) in [5.74, 6) is -0.168. The Bertz CT molecular complexity index is 475. The van der Waals surface area contributed by atoms with E-state index in [9.17, 15) is 9.59 Å². The molecule has 1 N–H and O–H groups in total. The molecule has 0 aromatic heterocycles. The maximum absolute atomic E-state index is 12.4. The van der Waals surface area contributed by atoms with Crippen molar-refractivity contribution >= 4 is 12.1 Å². The number of carbonyl (C=O) groups excluding carboxylic acids is 2. The fraction of sp³-hybridized carbons (Fsp3) is 0.882. The zero-order valence-corrected chi connectivity index (χ0v) is 15.3. The minimum absolute atomic E-state index is 0.0808. The largest absolute Gasteiger partial charge is 0.469 e. The highest BCUT2D eigenvalue weighted by molar-refractivity contribution is 5.71. The van der Waals surface area contributed by atoms with Crippen LogP contribution in [-0.2, 0) is 14.3 Å². The van der Waals surface area contributed by atoms with Crippen molar-refractivity contribution in [3.05, 3.63) is 0 Å². The predicted molar refractivity (Wildman–Crippen MR) is 92.1 cm³/mol. The number of rotatable bonds is 5. The van der Waals surface area contributed by atoms with Crippen LogP contribution in [-0.4, -0.2) is 98.0 Å². The van der Waals surface area contributed by atoms with Crippen LogP contribution >= 0.6 is 0 Å². The van der Waals surface area contributed by atoms with Gasteiger partial charge in [0.05, 0.1) is 19.6 Å². The molecule has 2 unspecified atom stereocenters. The van der Waals surface area contributed by atoms with E-state index in [1.54, 1.807) is 0 Å². The van der Waals surface area contributed by atoms with Gasteiger partial charge in [-0.2, -0.15) is 0 Å². The fourth-order valence-electron chi connectivity index (χ4n) is 4.11. The van der Waals surface area contributed by atoms with E-state index >= 15 is 0 Å². The minimum Gasteiger partial charge on any atom is -0.469 e. The quantitative estimate of drug-likeness (QED) is 0.701. The lowest BCUT2D eigenvalue weighted by atomic mass is 10.0. The Balaban J connectivity index is 1.50. The molecule has 25 heavy (non-hydrogen) atoms. The van der Waals surface area contributed by atoms with Gasteiger partial charge in [0.1, 0.15) is 0 Å². The smallest absolute Gasteiger partial charge is 0.412 e. The van der Waals surface area contributed by atoms with Crippen LogP contribution in [0.5, 0.6) is 0 Å². The summed E-state index contributed by atoms with van der Waals surface area (Å²) >= 11 is 0. The van der Waals surface area contributed by atoms with Crippen molar-refractivity contribution in [3.8, 4) is 0 Å². The molecule has 3 heterocycles. The predicted octanol–water partition coefficient (Wildman–Crippen LogP) is 0.0859. The second-order valence-electron chi connectivity index (χ2n) is 7.11. The molecule has 0 spiro atoms. The van der Waals surface area contributed by atoms with Crippen molar-refractivity contribution in [2.24, 2.45) is 0 Å². The molecule has 142 valence electrons. The third kappa shape index (κ3) is 4.24. The maximum atomic E-state index is 12.4. The summed E-state index contributed by atoms with van der Waals surface area (Å²) in [7, 11) is 1.42. The molecule has 3 aliphatic heterocycles. The van der Waals surface area contributed by atoms with Gasteiger partial charge in [-0.15, -0.1) is 0 Å². The molecule has 3 fully saturated rings. The van der Waals surface area contributed by atoms with Crippen molar-refractivity contribution in [1.29, 1.82) is 0 Å². The number of nitrogens with one attached hydrogen (secondary N) is 1. The Morgan fingerprint density at radius 2 is 1.92 bits per heavy atom. The van der Waals surface area contributed by atoms with Gasteiger partial charge in [0, 0.05) is 38.8 Å². The van der Waals surface area contributed by atoms with Gasteiger partial charge in [0.15, 0.2) is 6.23 Å². The molecule has 2 atom stereocenters. The summed E-state index contributed by atoms with van der Waals surface area (Å²) in [5.41, 5.74) is 0. The highest BCUT2D eigenvalue weighted by atomic mass is 16.6.